The van der Waals surface area contributed by atoms with Crippen LogP contribution in [-0.2, 0) is 0 Å². The summed E-state index contributed by atoms with van der Waals surface area (Å²) in [6.07, 6.45) is 0. The van der Waals surface area contributed by atoms with Gasteiger partial charge in [-0.25, -0.2) is 0 Å². The summed E-state index contributed by atoms with van der Waals surface area (Å²) >= 11 is 7.18. The number of benzene rings is 2. The highest BCUT2D eigenvalue weighted by Gasteiger charge is 2.29. The molecule has 2 N–H and O–H groups in total. The van der Waals surface area contributed by atoms with E-state index in [1.807, 2.05) is 24.3 Å². The largest absolute Gasteiger partial charge is 0.507 e. The van der Waals surface area contributed by atoms with Crippen molar-refractivity contribution >= 4 is 48.3 Å². The van der Waals surface area contributed by atoms with Gasteiger partial charge in [-0.1, -0.05) is 56.1 Å². The van der Waals surface area contributed by atoms with Crippen molar-refractivity contribution in [2.45, 2.75) is 9.65 Å². The van der Waals surface area contributed by atoms with Crippen LogP contribution < -0.4 is 5.32 Å². The molecule has 0 saturated carbocycles. The van der Waals surface area contributed by atoms with Crippen molar-refractivity contribution in [3.8, 4) is 5.75 Å². The summed E-state index contributed by atoms with van der Waals surface area (Å²) in [5, 5.41) is 15.4. The maximum Gasteiger partial charge on any atom is 0.125 e. The lowest BCUT2D eigenvalue weighted by Gasteiger charge is -2.14. The molecule has 0 spiro atoms. The first kappa shape index (κ1) is 11.4. The van der Waals surface area contributed by atoms with Gasteiger partial charge in [-0.15, -0.1) is 0 Å². The SMILES string of the molecule is Oc1cc2c(c3ccccc13)[C@H](C(Br)Br)CN2. The second-order valence-corrected chi connectivity index (χ2v) is 7.43. The Labute approximate surface area is 116 Å². The fourth-order valence-corrected chi connectivity index (χ4v) is 3.36. The molecular formula is C13H11Br2NO. The molecule has 0 aliphatic carbocycles. The quantitative estimate of drug-likeness (QED) is 0.751. The van der Waals surface area contributed by atoms with Crippen LogP contribution in [0.5, 0.6) is 5.75 Å². The smallest absolute Gasteiger partial charge is 0.125 e. The molecule has 1 heterocycles. The summed E-state index contributed by atoms with van der Waals surface area (Å²) < 4.78 is 0.233. The molecule has 1 aliphatic heterocycles. The van der Waals surface area contributed by atoms with Crippen LogP contribution in [0.2, 0.25) is 0 Å². The van der Waals surface area contributed by atoms with Gasteiger partial charge in [-0.3, -0.25) is 0 Å². The molecule has 0 unspecified atom stereocenters. The predicted molar refractivity (Wildman–Crippen MR) is 78.5 cm³/mol. The van der Waals surface area contributed by atoms with Crippen LogP contribution in [0.1, 0.15) is 11.5 Å². The van der Waals surface area contributed by atoms with Gasteiger partial charge in [0.05, 0.1) is 3.74 Å². The van der Waals surface area contributed by atoms with E-state index in [0.717, 1.165) is 23.0 Å². The van der Waals surface area contributed by atoms with Crippen LogP contribution in [0.25, 0.3) is 10.8 Å². The number of hydrogen-bond acceptors (Lipinski definition) is 2. The van der Waals surface area contributed by atoms with Gasteiger partial charge in [0.15, 0.2) is 0 Å². The predicted octanol–water partition coefficient (Wildman–Crippen LogP) is 4.17. The number of hydrogen-bond donors (Lipinski definition) is 2. The van der Waals surface area contributed by atoms with Gasteiger partial charge in [-0.2, -0.15) is 0 Å². The maximum atomic E-state index is 10.00. The zero-order chi connectivity index (χ0) is 12.0. The highest BCUT2D eigenvalue weighted by Crippen LogP contribution is 2.45. The van der Waals surface area contributed by atoms with Crippen molar-refractivity contribution in [2.75, 3.05) is 11.9 Å². The highest BCUT2D eigenvalue weighted by atomic mass is 79.9. The summed E-state index contributed by atoms with van der Waals surface area (Å²) in [4.78, 5) is 0. The number of alkyl halides is 2. The molecule has 0 fully saturated rings. The van der Waals surface area contributed by atoms with E-state index < -0.39 is 0 Å². The molecule has 1 aliphatic rings. The molecule has 1 atom stereocenters. The molecular weight excluding hydrogens is 346 g/mol. The maximum absolute atomic E-state index is 10.00. The van der Waals surface area contributed by atoms with E-state index in [9.17, 15) is 5.11 Å². The molecule has 2 aromatic carbocycles. The van der Waals surface area contributed by atoms with Gasteiger partial charge in [0.1, 0.15) is 5.75 Å². The lowest BCUT2D eigenvalue weighted by Crippen LogP contribution is -2.08. The summed E-state index contributed by atoms with van der Waals surface area (Å²) in [5.74, 6) is 0.712. The Morgan fingerprint density at radius 2 is 1.94 bits per heavy atom. The summed E-state index contributed by atoms with van der Waals surface area (Å²) in [6.45, 7) is 0.879. The van der Waals surface area contributed by atoms with E-state index >= 15 is 0 Å². The molecule has 0 bridgehead atoms. The summed E-state index contributed by atoms with van der Waals surface area (Å²) in [6, 6.07) is 9.80. The summed E-state index contributed by atoms with van der Waals surface area (Å²) in [5.41, 5.74) is 2.31. The number of anilines is 1. The van der Waals surface area contributed by atoms with E-state index in [4.69, 9.17) is 0 Å². The minimum atomic E-state index is 0.233. The first-order valence-electron chi connectivity index (χ1n) is 5.45. The number of fused-ring (bicyclic) bond motifs is 3. The molecule has 88 valence electrons. The fourth-order valence-electron chi connectivity index (χ4n) is 2.46. The van der Waals surface area contributed by atoms with E-state index in [1.165, 1.54) is 5.56 Å². The fraction of sp³-hybridized carbons (Fsp3) is 0.231. The van der Waals surface area contributed by atoms with Crippen molar-refractivity contribution in [3.63, 3.8) is 0 Å². The van der Waals surface area contributed by atoms with Gasteiger partial charge in [0.2, 0.25) is 0 Å². The molecule has 0 saturated heterocycles. The zero-order valence-corrected chi connectivity index (χ0v) is 12.1. The molecule has 0 amide bonds. The van der Waals surface area contributed by atoms with Crippen molar-refractivity contribution in [3.05, 3.63) is 35.9 Å². The first-order chi connectivity index (χ1) is 8.18. The van der Waals surface area contributed by atoms with E-state index in [-0.39, 0.29) is 3.74 Å². The molecule has 2 nitrogen and oxygen atoms in total. The number of rotatable bonds is 1. The monoisotopic (exact) mass is 355 g/mol. The number of aromatic hydroxyl groups is 1. The number of halogens is 2. The second kappa shape index (κ2) is 4.18. The Kier molecular flexibility index (Phi) is 2.79. The minimum absolute atomic E-state index is 0.233. The molecule has 0 radical (unpaired) electrons. The van der Waals surface area contributed by atoms with Gasteiger partial charge in [0, 0.05) is 29.6 Å². The number of nitrogens with one attached hydrogen (secondary N) is 1. The topological polar surface area (TPSA) is 32.3 Å². The number of phenols is 1. The minimum Gasteiger partial charge on any atom is -0.507 e. The van der Waals surface area contributed by atoms with Crippen LogP contribution in [0.15, 0.2) is 30.3 Å². The number of phenolic OH excluding ortho intramolecular Hbond substituents is 1. The van der Waals surface area contributed by atoms with Crippen LogP contribution in [0.3, 0.4) is 0 Å². The van der Waals surface area contributed by atoms with Crippen LogP contribution >= 0.6 is 31.9 Å². The van der Waals surface area contributed by atoms with Crippen molar-refractivity contribution in [1.82, 2.24) is 0 Å². The van der Waals surface area contributed by atoms with E-state index in [2.05, 4.69) is 43.2 Å². The Morgan fingerprint density at radius 1 is 1.24 bits per heavy atom. The molecule has 17 heavy (non-hydrogen) atoms. The Morgan fingerprint density at radius 3 is 2.65 bits per heavy atom. The average molecular weight is 357 g/mol. The molecule has 0 aromatic heterocycles. The standard InChI is InChI=1S/C13H11Br2NO/c14-13(15)9-6-16-10-5-11(17)7-3-1-2-4-8(7)12(9)10/h1-5,9,13,16-17H,6H2/t9-/m1/s1. The Bertz CT molecular complexity index is 583. The van der Waals surface area contributed by atoms with Gasteiger partial charge in [-0.05, 0) is 10.9 Å². The lowest BCUT2D eigenvalue weighted by molar-refractivity contribution is 0.482. The third-order valence-corrected chi connectivity index (χ3v) is 4.53. The Hall–Kier alpha value is -0.740. The molecule has 2 aromatic rings. The van der Waals surface area contributed by atoms with Crippen molar-refractivity contribution < 1.29 is 5.11 Å². The van der Waals surface area contributed by atoms with Crippen molar-refractivity contribution in [2.24, 2.45) is 0 Å². The third kappa shape index (κ3) is 1.74. The highest BCUT2D eigenvalue weighted by molar-refractivity contribution is 9.24. The van der Waals surface area contributed by atoms with Gasteiger partial charge >= 0.3 is 0 Å². The van der Waals surface area contributed by atoms with Crippen LogP contribution in [0, 0.1) is 0 Å². The van der Waals surface area contributed by atoms with Gasteiger partial charge < -0.3 is 10.4 Å². The lowest BCUT2D eigenvalue weighted by atomic mass is 9.95. The third-order valence-electron chi connectivity index (χ3n) is 3.25. The summed E-state index contributed by atoms with van der Waals surface area (Å²) in [7, 11) is 0. The average Bonchev–Trinajstić information content (AvgIpc) is 2.73. The normalized spacial score (nSPS) is 18.4. The van der Waals surface area contributed by atoms with E-state index in [0.29, 0.717) is 11.7 Å². The molecule has 4 heteroatoms. The van der Waals surface area contributed by atoms with Crippen molar-refractivity contribution in [1.29, 1.82) is 0 Å². The second-order valence-electron chi connectivity index (χ2n) is 4.22. The zero-order valence-electron chi connectivity index (χ0n) is 8.95. The van der Waals surface area contributed by atoms with Gasteiger partial charge in [0.25, 0.3) is 0 Å². The van der Waals surface area contributed by atoms with E-state index in [1.54, 1.807) is 0 Å². The van der Waals surface area contributed by atoms with Crippen LogP contribution in [0.4, 0.5) is 5.69 Å². The van der Waals surface area contributed by atoms with Crippen LogP contribution in [-0.4, -0.2) is 15.4 Å². The molecule has 3 rings (SSSR count). The first-order valence-corrected chi connectivity index (χ1v) is 7.28. The Balaban J connectivity index is 2.33.